The summed E-state index contributed by atoms with van der Waals surface area (Å²) in [5, 5.41) is 3.39. The van der Waals surface area contributed by atoms with Gasteiger partial charge in [0.2, 0.25) is 0 Å². The van der Waals surface area contributed by atoms with Gasteiger partial charge in [-0.1, -0.05) is 0 Å². The number of benzene rings is 2. The predicted octanol–water partition coefficient (Wildman–Crippen LogP) is 3.39. The van der Waals surface area contributed by atoms with Gasteiger partial charge in [-0.15, -0.1) is 0 Å². The molecule has 0 heterocycles. The summed E-state index contributed by atoms with van der Waals surface area (Å²) < 4.78 is 0. The molecule has 2 rings (SSSR count). The fourth-order valence-corrected chi connectivity index (χ4v) is 1.79. The smallest absolute Gasteiger partial charge is 0.0415 e. The minimum absolute atomic E-state index is 0.778. The van der Waals surface area contributed by atoms with Crippen molar-refractivity contribution < 1.29 is 0 Å². The highest BCUT2D eigenvalue weighted by Gasteiger charge is 2.02. The van der Waals surface area contributed by atoms with Crippen LogP contribution in [0.3, 0.4) is 0 Å². The monoisotopic (exact) mass is 241 g/mol. The molecule has 0 fully saturated rings. The molecular weight excluding hydrogens is 222 g/mol. The largest absolute Gasteiger partial charge is 0.399 e. The summed E-state index contributed by atoms with van der Waals surface area (Å²) in [5.41, 5.74) is 11.0. The van der Waals surface area contributed by atoms with Crippen LogP contribution in [0.5, 0.6) is 0 Å². The molecule has 18 heavy (non-hydrogen) atoms. The second-order valence-corrected chi connectivity index (χ2v) is 4.64. The fraction of sp³-hybridized carbons (Fsp3) is 0.200. The lowest BCUT2D eigenvalue weighted by Gasteiger charge is -2.16. The molecule has 94 valence electrons. The minimum atomic E-state index is 0.778. The van der Waals surface area contributed by atoms with Crippen molar-refractivity contribution in [2.24, 2.45) is 0 Å². The third-order valence-corrected chi connectivity index (χ3v) is 2.92. The molecule has 0 saturated heterocycles. The van der Waals surface area contributed by atoms with Gasteiger partial charge in [0, 0.05) is 36.8 Å². The van der Waals surface area contributed by atoms with Gasteiger partial charge in [0.25, 0.3) is 0 Å². The zero-order chi connectivity index (χ0) is 13.1. The summed E-state index contributed by atoms with van der Waals surface area (Å²) in [6.07, 6.45) is 0. The minimum Gasteiger partial charge on any atom is -0.399 e. The Kier molecular flexibility index (Phi) is 3.42. The molecule has 0 aliphatic heterocycles. The van der Waals surface area contributed by atoms with E-state index in [0.29, 0.717) is 0 Å². The van der Waals surface area contributed by atoms with E-state index in [1.165, 1.54) is 11.3 Å². The molecule has 3 N–H and O–H groups in total. The van der Waals surface area contributed by atoms with Crippen LogP contribution >= 0.6 is 0 Å². The summed E-state index contributed by atoms with van der Waals surface area (Å²) >= 11 is 0. The topological polar surface area (TPSA) is 41.3 Å². The van der Waals surface area contributed by atoms with Gasteiger partial charge < -0.3 is 16.0 Å². The van der Waals surface area contributed by atoms with Gasteiger partial charge in [0.15, 0.2) is 0 Å². The highest BCUT2D eigenvalue weighted by atomic mass is 15.1. The Morgan fingerprint density at radius 1 is 1.00 bits per heavy atom. The quantitative estimate of drug-likeness (QED) is 0.809. The Morgan fingerprint density at radius 3 is 2.22 bits per heavy atom. The van der Waals surface area contributed by atoms with Gasteiger partial charge in [-0.2, -0.15) is 0 Å². The zero-order valence-corrected chi connectivity index (χ0v) is 11.1. The van der Waals surface area contributed by atoms with Crippen molar-refractivity contribution in [1.29, 1.82) is 0 Å². The average molecular weight is 241 g/mol. The van der Waals surface area contributed by atoms with Crippen molar-refractivity contribution in [3.63, 3.8) is 0 Å². The Hall–Kier alpha value is -2.16. The maximum absolute atomic E-state index is 5.67. The first kappa shape index (κ1) is 12.3. The van der Waals surface area contributed by atoms with Crippen LogP contribution in [0.25, 0.3) is 0 Å². The molecule has 0 amide bonds. The van der Waals surface area contributed by atoms with Crippen molar-refractivity contribution in [2.45, 2.75) is 6.92 Å². The zero-order valence-electron chi connectivity index (χ0n) is 11.1. The highest BCUT2D eigenvalue weighted by molar-refractivity contribution is 5.67. The third kappa shape index (κ3) is 2.74. The fourth-order valence-electron chi connectivity index (χ4n) is 1.79. The van der Waals surface area contributed by atoms with E-state index in [1.54, 1.807) is 0 Å². The van der Waals surface area contributed by atoms with E-state index < -0.39 is 0 Å². The molecule has 0 atom stereocenters. The maximum atomic E-state index is 5.67. The van der Waals surface area contributed by atoms with E-state index in [-0.39, 0.29) is 0 Å². The molecule has 0 radical (unpaired) electrons. The molecule has 0 aromatic heterocycles. The molecule has 0 spiro atoms. The summed E-state index contributed by atoms with van der Waals surface area (Å²) in [4.78, 5) is 2.10. The Morgan fingerprint density at radius 2 is 1.67 bits per heavy atom. The van der Waals surface area contributed by atoms with Crippen LogP contribution in [0.2, 0.25) is 0 Å². The van der Waals surface area contributed by atoms with E-state index >= 15 is 0 Å². The molecule has 3 heteroatoms. The number of nitrogen functional groups attached to an aromatic ring is 1. The molecule has 0 aliphatic carbocycles. The Bertz CT molecular complexity index is 530. The first-order chi connectivity index (χ1) is 8.56. The molecule has 0 saturated carbocycles. The Balaban J connectivity index is 2.22. The molecule has 3 nitrogen and oxygen atoms in total. The van der Waals surface area contributed by atoms with Crippen molar-refractivity contribution in [3.05, 3.63) is 48.0 Å². The van der Waals surface area contributed by atoms with E-state index in [2.05, 4.69) is 35.3 Å². The number of anilines is 4. The van der Waals surface area contributed by atoms with Crippen LogP contribution in [-0.2, 0) is 0 Å². The van der Waals surface area contributed by atoms with Crippen molar-refractivity contribution >= 4 is 22.7 Å². The van der Waals surface area contributed by atoms with Gasteiger partial charge >= 0.3 is 0 Å². The average Bonchev–Trinajstić information content (AvgIpc) is 2.34. The van der Waals surface area contributed by atoms with Crippen LogP contribution in [0, 0.1) is 6.92 Å². The lowest BCUT2D eigenvalue weighted by Crippen LogP contribution is -2.08. The number of aryl methyl sites for hydroxylation is 1. The van der Waals surface area contributed by atoms with E-state index in [0.717, 1.165) is 17.1 Å². The van der Waals surface area contributed by atoms with Gasteiger partial charge in [0.05, 0.1) is 0 Å². The Labute approximate surface area is 108 Å². The molecule has 0 aliphatic rings. The van der Waals surface area contributed by atoms with Crippen LogP contribution in [0.15, 0.2) is 42.5 Å². The normalized spacial score (nSPS) is 10.2. The summed E-state index contributed by atoms with van der Waals surface area (Å²) in [6.45, 7) is 2.10. The summed E-state index contributed by atoms with van der Waals surface area (Å²) in [6, 6.07) is 14.1. The van der Waals surface area contributed by atoms with Crippen LogP contribution in [-0.4, -0.2) is 14.1 Å². The van der Waals surface area contributed by atoms with Crippen molar-refractivity contribution in [1.82, 2.24) is 0 Å². The second kappa shape index (κ2) is 5.00. The van der Waals surface area contributed by atoms with E-state index in [9.17, 15) is 0 Å². The number of hydrogen-bond donors (Lipinski definition) is 2. The molecule has 2 aromatic carbocycles. The van der Waals surface area contributed by atoms with Crippen molar-refractivity contribution in [3.8, 4) is 0 Å². The number of hydrogen-bond acceptors (Lipinski definition) is 3. The van der Waals surface area contributed by atoms with Gasteiger partial charge in [-0.25, -0.2) is 0 Å². The van der Waals surface area contributed by atoms with Gasteiger partial charge in [-0.05, 0) is 55.0 Å². The van der Waals surface area contributed by atoms with Gasteiger partial charge in [0.1, 0.15) is 0 Å². The maximum Gasteiger partial charge on any atom is 0.0415 e. The van der Waals surface area contributed by atoms with Crippen LogP contribution in [0.1, 0.15) is 5.56 Å². The summed E-state index contributed by atoms with van der Waals surface area (Å²) in [7, 11) is 4.09. The second-order valence-electron chi connectivity index (χ2n) is 4.64. The van der Waals surface area contributed by atoms with Crippen LogP contribution in [0.4, 0.5) is 22.7 Å². The number of nitrogens with one attached hydrogen (secondary N) is 1. The molecule has 2 aromatic rings. The van der Waals surface area contributed by atoms with E-state index in [4.69, 9.17) is 5.73 Å². The molecular formula is C15H19N3. The standard InChI is InChI=1S/C15H19N3/c1-11-10-14(18(2)3)8-9-15(11)17-13-6-4-12(16)5-7-13/h4-10,17H,16H2,1-3H3. The third-order valence-electron chi connectivity index (χ3n) is 2.92. The first-order valence-electron chi connectivity index (χ1n) is 5.97. The number of nitrogens with zero attached hydrogens (tertiary/aromatic N) is 1. The molecule has 0 unspecified atom stereocenters. The number of rotatable bonds is 3. The molecule has 0 bridgehead atoms. The van der Waals surface area contributed by atoms with Crippen LogP contribution < -0.4 is 16.0 Å². The summed E-state index contributed by atoms with van der Waals surface area (Å²) in [5.74, 6) is 0. The number of nitrogens with two attached hydrogens (primary N) is 1. The lowest BCUT2D eigenvalue weighted by atomic mass is 10.1. The predicted molar refractivity (Wildman–Crippen MR) is 79.6 cm³/mol. The van der Waals surface area contributed by atoms with E-state index in [1.807, 2.05) is 38.4 Å². The first-order valence-corrected chi connectivity index (χ1v) is 5.97. The van der Waals surface area contributed by atoms with Crippen molar-refractivity contribution in [2.75, 3.05) is 30.0 Å². The highest BCUT2D eigenvalue weighted by Crippen LogP contribution is 2.25. The van der Waals surface area contributed by atoms with Gasteiger partial charge in [-0.3, -0.25) is 0 Å². The lowest BCUT2D eigenvalue weighted by molar-refractivity contribution is 1.13. The SMILES string of the molecule is Cc1cc(N(C)C)ccc1Nc1ccc(N)cc1.